The maximum Gasteiger partial charge on any atom is 0.303 e. The van der Waals surface area contributed by atoms with Crippen molar-refractivity contribution in [2.75, 3.05) is 19.6 Å². The van der Waals surface area contributed by atoms with Gasteiger partial charge in [0.05, 0.1) is 6.42 Å². The standard InChI is InChI=1S/C13H20N2O3/c16-12-6-11(10-3-1-2-4-15(10)12)14-7-9(8-14)5-13(17)18/h9-11H,1-8H2,(H,17,18). The minimum absolute atomic E-state index is 0.269. The van der Waals surface area contributed by atoms with Gasteiger partial charge in [-0.05, 0) is 25.2 Å². The predicted octanol–water partition coefficient (Wildman–Crippen LogP) is 0.546. The van der Waals surface area contributed by atoms with Gasteiger partial charge in [0.2, 0.25) is 5.91 Å². The summed E-state index contributed by atoms with van der Waals surface area (Å²) in [6, 6.07) is 0.750. The van der Waals surface area contributed by atoms with Crippen LogP contribution in [-0.4, -0.2) is 58.5 Å². The lowest BCUT2D eigenvalue weighted by atomic mass is 9.90. The van der Waals surface area contributed by atoms with Crippen LogP contribution >= 0.6 is 0 Å². The van der Waals surface area contributed by atoms with E-state index in [4.69, 9.17) is 5.11 Å². The zero-order valence-corrected chi connectivity index (χ0v) is 10.5. The van der Waals surface area contributed by atoms with E-state index >= 15 is 0 Å². The predicted molar refractivity (Wildman–Crippen MR) is 65.1 cm³/mol. The average Bonchev–Trinajstić information content (AvgIpc) is 2.61. The second-order valence-corrected chi connectivity index (χ2v) is 5.84. The topological polar surface area (TPSA) is 60.9 Å². The van der Waals surface area contributed by atoms with Crippen molar-refractivity contribution in [2.24, 2.45) is 5.92 Å². The van der Waals surface area contributed by atoms with Crippen LogP contribution < -0.4 is 0 Å². The van der Waals surface area contributed by atoms with Crippen molar-refractivity contribution in [3.8, 4) is 0 Å². The third-order valence-electron chi connectivity index (χ3n) is 4.62. The maximum absolute atomic E-state index is 11.9. The van der Waals surface area contributed by atoms with Gasteiger partial charge >= 0.3 is 5.97 Å². The molecule has 2 atom stereocenters. The molecule has 0 aromatic rings. The van der Waals surface area contributed by atoms with Gasteiger partial charge in [0, 0.05) is 38.1 Å². The quantitative estimate of drug-likeness (QED) is 0.796. The molecule has 18 heavy (non-hydrogen) atoms. The van der Waals surface area contributed by atoms with E-state index in [2.05, 4.69) is 9.80 Å². The molecule has 3 aliphatic heterocycles. The molecule has 2 unspecified atom stereocenters. The SMILES string of the molecule is O=C(O)CC1CN(C2CC(=O)N3CCCCC23)C1. The number of carboxylic acids is 1. The molecule has 0 bridgehead atoms. The van der Waals surface area contributed by atoms with Crippen molar-refractivity contribution in [3.05, 3.63) is 0 Å². The minimum Gasteiger partial charge on any atom is -0.481 e. The Balaban J connectivity index is 1.58. The molecule has 0 radical (unpaired) electrons. The number of nitrogens with zero attached hydrogens (tertiary/aromatic N) is 2. The van der Waals surface area contributed by atoms with Crippen LogP contribution in [0, 0.1) is 5.92 Å². The summed E-state index contributed by atoms with van der Waals surface area (Å²) >= 11 is 0. The zero-order valence-electron chi connectivity index (χ0n) is 10.5. The number of amides is 1. The van der Waals surface area contributed by atoms with E-state index in [1.807, 2.05) is 0 Å². The Bertz CT molecular complexity index is 365. The first-order valence-electron chi connectivity index (χ1n) is 6.90. The Hall–Kier alpha value is -1.10. The Morgan fingerprint density at radius 2 is 2.06 bits per heavy atom. The number of hydrogen-bond donors (Lipinski definition) is 1. The van der Waals surface area contributed by atoms with Crippen LogP contribution in [0.15, 0.2) is 0 Å². The Morgan fingerprint density at radius 1 is 1.28 bits per heavy atom. The highest BCUT2D eigenvalue weighted by atomic mass is 16.4. The van der Waals surface area contributed by atoms with E-state index in [0.717, 1.165) is 32.5 Å². The number of hydrogen-bond acceptors (Lipinski definition) is 3. The number of carboxylic acid groups (broad SMARTS) is 1. The molecule has 100 valence electrons. The van der Waals surface area contributed by atoms with Crippen molar-refractivity contribution in [1.82, 2.24) is 9.80 Å². The molecule has 3 rings (SSSR count). The molecular weight excluding hydrogens is 232 g/mol. The molecule has 3 saturated heterocycles. The molecular formula is C13H20N2O3. The fraction of sp³-hybridized carbons (Fsp3) is 0.846. The van der Waals surface area contributed by atoms with Gasteiger partial charge in [-0.15, -0.1) is 0 Å². The lowest BCUT2D eigenvalue weighted by molar-refractivity contribution is -0.140. The van der Waals surface area contributed by atoms with Crippen molar-refractivity contribution >= 4 is 11.9 Å². The molecule has 3 aliphatic rings. The lowest BCUT2D eigenvalue weighted by Crippen LogP contribution is -2.56. The van der Waals surface area contributed by atoms with Crippen LogP contribution in [0.3, 0.4) is 0 Å². The van der Waals surface area contributed by atoms with Crippen molar-refractivity contribution in [1.29, 1.82) is 0 Å². The van der Waals surface area contributed by atoms with Crippen LogP contribution in [0.25, 0.3) is 0 Å². The van der Waals surface area contributed by atoms with Gasteiger partial charge in [0.15, 0.2) is 0 Å². The number of carbonyl (C=O) groups excluding carboxylic acids is 1. The van der Waals surface area contributed by atoms with Gasteiger partial charge in [-0.25, -0.2) is 0 Å². The molecule has 0 saturated carbocycles. The fourth-order valence-corrected chi connectivity index (χ4v) is 3.73. The molecule has 3 heterocycles. The highest BCUT2D eigenvalue weighted by Crippen LogP contribution is 2.35. The number of piperidine rings is 1. The van der Waals surface area contributed by atoms with Crippen LogP contribution in [-0.2, 0) is 9.59 Å². The number of likely N-dealkylation sites (tertiary alicyclic amines) is 1. The second kappa shape index (κ2) is 4.53. The monoisotopic (exact) mass is 252 g/mol. The van der Waals surface area contributed by atoms with Crippen LogP contribution in [0.2, 0.25) is 0 Å². The van der Waals surface area contributed by atoms with Crippen LogP contribution in [0.5, 0.6) is 0 Å². The summed E-state index contributed by atoms with van der Waals surface area (Å²) in [5.41, 5.74) is 0. The fourth-order valence-electron chi connectivity index (χ4n) is 3.73. The minimum atomic E-state index is -0.707. The lowest BCUT2D eigenvalue weighted by Gasteiger charge is -2.45. The van der Waals surface area contributed by atoms with Gasteiger partial charge < -0.3 is 10.0 Å². The van der Waals surface area contributed by atoms with E-state index < -0.39 is 5.97 Å². The van der Waals surface area contributed by atoms with Gasteiger partial charge in [-0.3, -0.25) is 14.5 Å². The summed E-state index contributed by atoms with van der Waals surface area (Å²) in [4.78, 5) is 26.9. The molecule has 1 amide bonds. The van der Waals surface area contributed by atoms with Crippen molar-refractivity contribution < 1.29 is 14.7 Å². The average molecular weight is 252 g/mol. The van der Waals surface area contributed by atoms with Gasteiger partial charge in [-0.2, -0.15) is 0 Å². The largest absolute Gasteiger partial charge is 0.481 e. The summed E-state index contributed by atoms with van der Waals surface area (Å²) in [6.07, 6.45) is 4.39. The maximum atomic E-state index is 11.9. The molecule has 5 heteroatoms. The molecule has 3 fully saturated rings. The number of aliphatic carboxylic acids is 1. The van der Waals surface area contributed by atoms with E-state index in [9.17, 15) is 9.59 Å². The first-order chi connectivity index (χ1) is 8.65. The normalized spacial score (nSPS) is 33.3. The summed E-state index contributed by atoms with van der Waals surface area (Å²) < 4.78 is 0. The van der Waals surface area contributed by atoms with E-state index in [0.29, 0.717) is 24.4 Å². The zero-order chi connectivity index (χ0) is 12.7. The molecule has 0 aromatic heterocycles. The Morgan fingerprint density at radius 3 is 2.78 bits per heavy atom. The van der Waals surface area contributed by atoms with Gasteiger partial charge in [0.1, 0.15) is 0 Å². The van der Waals surface area contributed by atoms with E-state index in [1.165, 1.54) is 6.42 Å². The molecule has 0 spiro atoms. The van der Waals surface area contributed by atoms with Crippen molar-refractivity contribution in [2.45, 2.75) is 44.2 Å². The third-order valence-corrected chi connectivity index (χ3v) is 4.62. The van der Waals surface area contributed by atoms with E-state index in [1.54, 1.807) is 0 Å². The molecule has 0 aliphatic carbocycles. The van der Waals surface area contributed by atoms with Crippen molar-refractivity contribution in [3.63, 3.8) is 0 Å². The number of rotatable bonds is 3. The third kappa shape index (κ3) is 2.00. The Kier molecular flexibility index (Phi) is 3.01. The smallest absolute Gasteiger partial charge is 0.303 e. The van der Waals surface area contributed by atoms with Crippen LogP contribution in [0.4, 0.5) is 0 Å². The number of fused-ring (bicyclic) bond motifs is 1. The van der Waals surface area contributed by atoms with Gasteiger partial charge in [0.25, 0.3) is 0 Å². The number of carbonyl (C=O) groups is 2. The summed E-state index contributed by atoms with van der Waals surface area (Å²) in [5.74, 6) is -0.122. The highest BCUT2D eigenvalue weighted by Gasteiger charge is 2.46. The Labute approximate surface area is 107 Å². The summed E-state index contributed by atoms with van der Waals surface area (Å²) in [6.45, 7) is 2.63. The van der Waals surface area contributed by atoms with Gasteiger partial charge in [-0.1, -0.05) is 0 Å². The summed E-state index contributed by atoms with van der Waals surface area (Å²) in [5, 5.41) is 8.75. The first kappa shape index (κ1) is 12.0. The molecule has 1 N–H and O–H groups in total. The molecule has 5 nitrogen and oxygen atoms in total. The summed E-state index contributed by atoms with van der Waals surface area (Å²) in [7, 11) is 0. The molecule has 0 aromatic carbocycles. The second-order valence-electron chi connectivity index (χ2n) is 5.84. The van der Waals surface area contributed by atoms with Crippen LogP contribution in [0.1, 0.15) is 32.1 Å². The van der Waals surface area contributed by atoms with E-state index in [-0.39, 0.29) is 12.3 Å². The highest BCUT2D eigenvalue weighted by molar-refractivity contribution is 5.80. The first-order valence-corrected chi connectivity index (χ1v) is 6.90.